The Balaban J connectivity index is 1.77. The topological polar surface area (TPSA) is 47.1 Å². The molecule has 1 aromatic rings. The van der Waals surface area contributed by atoms with Crippen molar-refractivity contribution in [2.45, 2.75) is 25.8 Å². The Morgan fingerprint density at radius 1 is 1.44 bits per heavy atom. The van der Waals surface area contributed by atoms with E-state index in [1.165, 1.54) is 37.9 Å². The minimum atomic E-state index is 0.841. The summed E-state index contributed by atoms with van der Waals surface area (Å²) in [6.45, 7) is 4.30. The van der Waals surface area contributed by atoms with Crippen molar-refractivity contribution >= 4 is 0 Å². The molecule has 0 aromatic carbocycles. The molecule has 0 atom stereocenters. The van der Waals surface area contributed by atoms with Crippen LogP contribution in [0.3, 0.4) is 0 Å². The number of hydrogen-bond acceptors (Lipinski definition) is 3. The lowest BCUT2D eigenvalue weighted by Crippen LogP contribution is -2.33. The highest BCUT2D eigenvalue weighted by molar-refractivity contribution is 5.03. The maximum absolute atomic E-state index is 5.60. The van der Waals surface area contributed by atoms with Gasteiger partial charge in [0.15, 0.2) is 0 Å². The molecule has 1 aliphatic heterocycles. The highest BCUT2D eigenvalue weighted by Gasteiger charge is 2.18. The zero-order chi connectivity index (χ0) is 11.4. The lowest BCUT2D eigenvalue weighted by atomic mass is 9.93. The molecule has 0 saturated carbocycles. The van der Waals surface area contributed by atoms with Crippen molar-refractivity contribution in [2.75, 3.05) is 19.6 Å². The molecule has 4 nitrogen and oxygen atoms in total. The molecule has 16 heavy (non-hydrogen) atoms. The van der Waals surface area contributed by atoms with E-state index in [2.05, 4.69) is 16.2 Å². The molecule has 1 saturated heterocycles. The zero-order valence-electron chi connectivity index (χ0n) is 10.1. The summed E-state index contributed by atoms with van der Waals surface area (Å²) in [5.41, 5.74) is 6.91. The Morgan fingerprint density at radius 3 is 2.75 bits per heavy atom. The monoisotopic (exact) mass is 222 g/mol. The fourth-order valence-electron chi connectivity index (χ4n) is 2.48. The molecule has 2 rings (SSSR count). The Hall–Kier alpha value is -0.870. The summed E-state index contributed by atoms with van der Waals surface area (Å²) in [6, 6.07) is 0. The molecule has 1 aliphatic rings. The van der Waals surface area contributed by atoms with E-state index >= 15 is 0 Å². The zero-order valence-corrected chi connectivity index (χ0v) is 10.1. The minimum absolute atomic E-state index is 0.841. The van der Waals surface area contributed by atoms with Gasteiger partial charge in [0.25, 0.3) is 0 Å². The van der Waals surface area contributed by atoms with E-state index in [0.29, 0.717) is 0 Å². The van der Waals surface area contributed by atoms with Crippen LogP contribution >= 0.6 is 0 Å². The molecule has 0 unspecified atom stereocenters. The number of nitrogens with two attached hydrogens (primary N) is 1. The van der Waals surface area contributed by atoms with Crippen LogP contribution in [0.2, 0.25) is 0 Å². The van der Waals surface area contributed by atoms with Crippen LogP contribution in [-0.2, 0) is 13.6 Å². The molecule has 4 heteroatoms. The molecule has 1 fully saturated rings. The van der Waals surface area contributed by atoms with Gasteiger partial charge in [0, 0.05) is 25.4 Å². The number of likely N-dealkylation sites (tertiary alicyclic amines) is 1. The maximum Gasteiger partial charge on any atom is 0.0534 e. The molecule has 90 valence electrons. The average Bonchev–Trinajstić information content (AvgIpc) is 2.67. The fraction of sp³-hybridized carbons (Fsp3) is 0.750. The van der Waals surface area contributed by atoms with Crippen molar-refractivity contribution in [3.63, 3.8) is 0 Å². The van der Waals surface area contributed by atoms with E-state index in [1.807, 2.05) is 17.9 Å². The van der Waals surface area contributed by atoms with Crippen LogP contribution < -0.4 is 5.73 Å². The summed E-state index contributed by atoms with van der Waals surface area (Å²) in [5, 5.41) is 4.20. The molecule has 0 amide bonds. The lowest BCUT2D eigenvalue weighted by molar-refractivity contribution is 0.173. The second-order valence-corrected chi connectivity index (χ2v) is 4.82. The van der Waals surface area contributed by atoms with Gasteiger partial charge in [-0.15, -0.1) is 0 Å². The van der Waals surface area contributed by atoms with Crippen LogP contribution in [-0.4, -0.2) is 34.3 Å². The molecule has 2 N–H and O–H groups in total. The van der Waals surface area contributed by atoms with Crippen molar-refractivity contribution in [3.05, 3.63) is 18.0 Å². The Kier molecular flexibility index (Phi) is 3.96. The van der Waals surface area contributed by atoms with Gasteiger partial charge in [0.05, 0.1) is 6.20 Å². The molecule has 0 radical (unpaired) electrons. The average molecular weight is 222 g/mol. The normalized spacial score (nSPS) is 19.1. The second kappa shape index (κ2) is 5.46. The third-order valence-corrected chi connectivity index (χ3v) is 3.45. The van der Waals surface area contributed by atoms with E-state index in [0.717, 1.165) is 19.0 Å². The van der Waals surface area contributed by atoms with Crippen molar-refractivity contribution in [3.8, 4) is 0 Å². The van der Waals surface area contributed by atoms with Crippen molar-refractivity contribution in [2.24, 2.45) is 18.7 Å². The van der Waals surface area contributed by atoms with E-state index in [4.69, 9.17) is 5.73 Å². The molecule has 2 heterocycles. The van der Waals surface area contributed by atoms with Crippen LogP contribution in [0, 0.1) is 5.92 Å². The first kappa shape index (κ1) is 11.6. The summed E-state index contributed by atoms with van der Waals surface area (Å²) in [4.78, 5) is 2.52. The lowest BCUT2D eigenvalue weighted by Gasteiger charge is -2.31. The predicted molar refractivity (Wildman–Crippen MR) is 64.9 cm³/mol. The minimum Gasteiger partial charge on any atom is -0.330 e. The van der Waals surface area contributed by atoms with Crippen molar-refractivity contribution in [1.82, 2.24) is 14.7 Å². The van der Waals surface area contributed by atoms with Crippen molar-refractivity contribution in [1.29, 1.82) is 0 Å². The molecule has 0 spiro atoms. The summed E-state index contributed by atoms with van der Waals surface area (Å²) >= 11 is 0. The van der Waals surface area contributed by atoms with E-state index in [1.54, 1.807) is 0 Å². The summed E-state index contributed by atoms with van der Waals surface area (Å²) < 4.78 is 1.87. The summed E-state index contributed by atoms with van der Waals surface area (Å²) in [7, 11) is 1.97. The number of piperidine rings is 1. The Morgan fingerprint density at radius 2 is 2.19 bits per heavy atom. The third kappa shape index (κ3) is 3.06. The van der Waals surface area contributed by atoms with Gasteiger partial charge in [-0.2, -0.15) is 5.10 Å². The van der Waals surface area contributed by atoms with Gasteiger partial charge in [-0.25, -0.2) is 0 Å². The molecule has 0 bridgehead atoms. The molecule has 1 aromatic heterocycles. The van der Waals surface area contributed by atoms with Gasteiger partial charge < -0.3 is 5.73 Å². The number of aryl methyl sites for hydroxylation is 1. The SMILES string of the molecule is Cn1cc(CN2CCC(CCN)CC2)cn1. The highest BCUT2D eigenvalue weighted by Crippen LogP contribution is 2.20. The number of nitrogens with zero attached hydrogens (tertiary/aromatic N) is 3. The van der Waals surface area contributed by atoms with E-state index in [9.17, 15) is 0 Å². The van der Waals surface area contributed by atoms with Crippen LogP contribution in [0.15, 0.2) is 12.4 Å². The summed E-state index contributed by atoms with van der Waals surface area (Å²) in [5.74, 6) is 0.857. The first-order valence-corrected chi connectivity index (χ1v) is 6.18. The number of hydrogen-bond donors (Lipinski definition) is 1. The van der Waals surface area contributed by atoms with Crippen LogP contribution in [0.25, 0.3) is 0 Å². The van der Waals surface area contributed by atoms with Gasteiger partial charge >= 0.3 is 0 Å². The van der Waals surface area contributed by atoms with Gasteiger partial charge in [-0.3, -0.25) is 9.58 Å². The summed E-state index contributed by atoms with van der Waals surface area (Å²) in [6.07, 6.45) is 7.87. The molecule has 0 aliphatic carbocycles. The van der Waals surface area contributed by atoms with Crippen LogP contribution in [0.4, 0.5) is 0 Å². The number of aromatic nitrogens is 2. The molecular weight excluding hydrogens is 200 g/mol. The third-order valence-electron chi connectivity index (χ3n) is 3.45. The standard InChI is InChI=1S/C12H22N4/c1-15-9-12(8-14-15)10-16-6-3-11(2-5-13)4-7-16/h8-9,11H,2-7,10,13H2,1H3. The molecular formula is C12H22N4. The fourth-order valence-corrected chi connectivity index (χ4v) is 2.48. The largest absolute Gasteiger partial charge is 0.330 e. The Labute approximate surface area is 97.4 Å². The van der Waals surface area contributed by atoms with Gasteiger partial charge in [0.2, 0.25) is 0 Å². The smallest absolute Gasteiger partial charge is 0.0534 e. The van der Waals surface area contributed by atoms with E-state index in [-0.39, 0.29) is 0 Å². The highest BCUT2D eigenvalue weighted by atomic mass is 15.2. The quantitative estimate of drug-likeness (QED) is 0.826. The van der Waals surface area contributed by atoms with Crippen molar-refractivity contribution < 1.29 is 0 Å². The first-order chi connectivity index (χ1) is 7.78. The van der Waals surface area contributed by atoms with Gasteiger partial charge in [-0.05, 0) is 44.8 Å². The predicted octanol–water partition coefficient (Wildman–Crippen LogP) is 0.981. The second-order valence-electron chi connectivity index (χ2n) is 4.82. The van der Waals surface area contributed by atoms with Gasteiger partial charge in [-0.1, -0.05) is 0 Å². The number of rotatable bonds is 4. The van der Waals surface area contributed by atoms with E-state index < -0.39 is 0 Å². The first-order valence-electron chi connectivity index (χ1n) is 6.18. The van der Waals surface area contributed by atoms with Crippen LogP contribution in [0.1, 0.15) is 24.8 Å². The van der Waals surface area contributed by atoms with Crippen LogP contribution in [0.5, 0.6) is 0 Å². The Bertz CT molecular complexity index is 313. The maximum atomic E-state index is 5.60. The van der Waals surface area contributed by atoms with Gasteiger partial charge in [0.1, 0.15) is 0 Å².